The van der Waals surface area contributed by atoms with Gasteiger partial charge in [-0.1, -0.05) is 0 Å². The Morgan fingerprint density at radius 1 is 1.53 bits per heavy atom. The molecule has 0 radical (unpaired) electrons. The van der Waals surface area contributed by atoms with Gasteiger partial charge in [-0.15, -0.1) is 0 Å². The van der Waals surface area contributed by atoms with Crippen LogP contribution in [-0.2, 0) is 4.79 Å². The Labute approximate surface area is 102 Å². The van der Waals surface area contributed by atoms with Gasteiger partial charge < -0.3 is 11.1 Å². The summed E-state index contributed by atoms with van der Waals surface area (Å²) in [5.74, 6) is 0.211. The standard InChI is InChI=1S/C11H22N4O2/c1-3-13-11(17)14-10(16)8(2)15-5-4-9(6-12)7-15/h8-9H,3-7,12H2,1-2H3,(H2,13,14,16,17). The minimum absolute atomic E-state index is 0.256. The van der Waals surface area contributed by atoms with Gasteiger partial charge in [0.2, 0.25) is 5.91 Å². The fourth-order valence-corrected chi connectivity index (χ4v) is 1.99. The number of carbonyl (C=O) groups excluding carboxylic acids is 2. The summed E-state index contributed by atoms with van der Waals surface area (Å²) in [7, 11) is 0. The van der Waals surface area contributed by atoms with E-state index in [4.69, 9.17) is 5.73 Å². The molecular weight excluding hydrogens is 220 g/mol. The second-order valence-corrected chi connectivity index (χ2v) is 4.41. The van der Waals surface area contributed by atoms with E-state index in [1.54, 1.807) is 6.92 Å². The fourth-order valence-electron chi connectivity index (χ4n) is 1.99. The number of hydrogen-bond acceptors (Lipinski definition) is 4. The highest BCUT2D eigenvalue weighted by Crippen LogP contribution is 2.17. The van der Waals surface area contributed by atoms with E-state index >= 15 is 0 Å². The van der Waals surface area contributed by atoms with E-state index in [2.05, 4.69) is 15.5 Å². The molecule has 4 N–H and O–H groups in total. The monoisotopic (exact) mass is 242 g/mol. The largest absolute Gasteiger partial charge is 0.338 e. The first-order valence-electron chi connectivity index (χ1n) is 6.11. The molecule has 0 bridgehead atoms. The third-order valence-corrected chi connectivity index (χ3v) is 3.15. The predicted molar refractivity (Wildman–Crippen MR) is 65.4 cm³/mol. The molecule has 2 atom stereocenters. The number of nitrogens with one attached hydrogen (secondary N) is 2. The molecule has 0 aromatic heterocycles. The Kier molecular flexibility index (Phi) is 5.37. The molecule has 1 aliphatic heterocycles. The van der Waals surface area contributed by atoms with Crippen molar-refractivity contribution in [3.63, 3.8) is 0 Å². The van der Waals surface area contributed by atoms with E-state index in [-0.39, 0.29) is 11.9 Å². The van der Waals surface area contributed by atoms with Crippen molar-refractivity contribution in [2.45, 2.75) is 26.3 Å². The molecule has 17 heavy (non-hydrogen) atoms. The van der Waals surface area contributed by atoms with Crippen LogP contribution in [0.25, 0.3) is 0 Å². The molecule has 1 heterocycles. The lowest BCUT2D eigenvalue weighted by Gasteiger charge is -2.22. The highest BCUT2D eigenvalue weighted by Gasteiger charge is 2.29. The lowest BCUT2D eigenvalue weighted by Crippen LogP contribution is -2.49. The van der Waals surface area contributed by atoms with Crippen LogP contribution in [0.4, 0.5) is 4.79 Å². The smallest absolute Gasteiger partial charge is 0.321 e. The molecule has 6 nitrogen and oxygen atoms in total. The summed E-state index contributed by atoms with van der Waals surface area (Å²) in [4.78, 5) is 25.0. The average molecular weight is 242 g/mol. The molecule has 1 rings (SSSR count). The van der Waals surface area contributed by atoms with Crippen molar-refractivity contribution in [2.75, 3.05) is 26.2 Å². The maximum Gasteiger partial charge on any atom is 0.321 e. The quantitative estimate of drug-likeness (QED) is 0.620. The van der Waals surface area contributed by atoms with Gasteiger partial charge in [0.25, 0.3) is 0 Å². The van der Waals surface area contributed by atoms with Gasteiger partial charge in [0, 0.05) is 13.1 Å². The van der Waals surface area contributed by atoms with E-state index in [0.29, 0.717) is 19.0 Å². The highest BCUT2D eigenvalue weighted by molar-refractivity contribution is 5.96. The van der Waals surface area contributed by atoms with Crippen LogP contribution in [-0.4, -0.2) is 49.1 Å². The number of nitrogens with zero attached hydrogens (tertiary/aromatic N) is 1. The summed E-state index contributed by atoms with van der Waals surface area (Å²) in [6.07, 6.45) is 1.02. The summed E-state index contributed by atoms with van der Waals surface area (Å²) in [6, 6.07) is -0.715. The maximum atomic E-state index is 11.8. The van der Waals surface area contributed by atoms with E-state index in [0.717, 1.165) is 19.5 Å². The van der Waals surface area contributed by atoms with Crippen molar-refractivity contribution in [1.29, 1.82) is 0 Å². The first kappa shape index (κ1) is 13.9. The first-order chi connectivity index (χ1) is 8.08. The molecule has 98 valence electrons. The Morgan fingerprint density at radius 3 is 2.76 bits per heavy atom. The molecule has 0 aliphatic carbocycles. The minimum atomic E-state index is -0.432. The Balaban J connectivity index is 2.39. The molecular formula is C11H22N4O2. The third kappa shape index (κ3) is 3.98. The summed E-state index contributed by atoms with van der Waals surface area (Å²) in [5, 5.41) is 4.86. The number of amides is 3. The van der Waals surface area contributed by atoms with Crippen LogP contribution in [0.2, 0.25) is 0 Å². The molecule has 0 aromatic rings. The van der Waals surface area contributed by atoms with Crippen molar-refractivity contribution in [1.82, 2.24) is 15.5 Å². The van der Waals surface area contributed by atoms with Gasteiger partial charge in [-0.3, -0.25) is 15.0 Å². The van der Waals surface area contributed by atoms with Crippen LogP contribution >= 0.6 is 0 Å². The van der Waals surface area contributed by atoms with E-state index in [1.165, 1.54) is 0 Å². The van der Waals surface area contributed by atoms with Gasteiger partial charge >= 0.3 is 6.03 Å². The number of nitrogens with two attached hydrogens (primary N) is 1. The van der Waals surface area contributed by atoms with E-state index in [1.807, 2.05) is 6.92 Å². The van der Waals surface area contributed by atoms with Crippen molar-refractivity contribution < 1.29 is 9.59 Å². The van der Waals surface area contributed by atoms with Crippen molar-refractivity contribution in [3.05, 3.63) is 0 Å². The third-order valence-electron chi connectivity index (χ3n) is 3.15. The number of carbonyl (C=O) groups is 2. The van der Waals surface area contributed by atoms with Crippen LogP contribution in [0.3, 0.4) is 0 Å². The van der Waals surface area contributed by atoms with Crippen molar-refractivity contribution in [2.24, 2.45) is 11.7 Å². The summed E-state index contributed by atoms with van der Waals surface area (Å²) >= 11 is 0. The second-order valence-electron chi connectivity index (χ2n) is 4.41. The summed E-state index contributed by atoms with van der Waals surface area (Å²) < 4.78 is 0. The highest BCUT2D eigenvalue weighted by atomic mass is 16.2. The normalized spacial score (nSPS) is 22.2. The van der Waals surface area contributed by atoms with Crippen molar-refractivity contribution >= 4 is 11.9 Å². The van der Waals surface area contributed by atoms with Crippen LogP contribution in [0, 0.1) is 5.92 Å². The number of urea groups is 1. The average Bonchev–Trinajstić information content (AvgIpc) is 2.76. The second kappa shape index (κ2) is 6.56. The molecule has 1 aliphatic rings. The lowest BCUT2D eigenvalue weighted by molar-refractivity contribution is -0.124. The molecule has 2 unspecified atom stereocenters. The number of imide groups is 1. The van der Waals surface area contributed by atoms with Crippen LogP contribution in [0.15, 0.2) is 0 Å². The van der Waals surface area contributed by atoms with Gasteiger partial charge in [-0.05, 0) is 39.3 Å². The minimum Gasteiger partial charge on any atom is -0.338 e. The van der Waals surface area contributed by atoms with Crippen LogP contribution < -0.4 is 16.4 Å². The number of hydrogen-bond donors (Lipinski definition) is 3. The molecule has 3 amide bonds. The molecule has 6 heteroatoms. The van der Waals surface area contributed by atoms with Crippen LogP contribution in [0.1, 0.15) is 20.3 Å². The Bertz CT molecular complexity index is 283. The molecule has 1 fully saturated rings. The topological polar surface area (TPSA) is 87.5 Å². The van der Waals surface area contributed by atoms with E-state index in [9.17, 15) is 9.59 Å². The van der Waals surface area contributed by atoms with Gasteiger partial charge in [0.15, 0.2) is 0 Å². The SMILES string of the molecule is CCNC(=O)NC(=O)C(C)N1CCC(CN)C1. The number of likely N-dealkylation sites (tertiary alicyclic amines) is 1. The summed E-state index contributed by atoms with van der Waals surface area (Å²) in [5.41, 5.74) is 5.60. The van der Waals surface area contributed by atoms with Gasteiger partial charge in [-0.25, -0.2) is 4.79 Å². The molecule has 1 saturated heterocycles. The van der Waals surface area contributed by atoms with Crippen molar-refractivity contribution in [3.8, 4) is 0 Å². The maximum absolute atomic E-state index is 11.8. The predicted octanol–water partition coefficient (Wildman–Crippen LogP) is -0.499. The summed E-state index contributed by atoms with van der Waals surface area (Å²) in [6.45, 7) is 6.48. The van der Waals surface area contributed by atoms with Gasteiger partial charge in [0.05, 0.1) is 6.04 Å². The molecule has 0 saturated carbocycles. The Hall–Kier alpha value is -1.14. The number of rotatable bonds is 4. The van der Waals surface area contributed by atoms with Gasteiger partial charge in [0.1, 0.15) is 0 Å². The zero-order valence-electron chi connectivity index (χ0n) is 10.5. The zero-order valence-corrected chi connectivity index (χ0v) is 10.5. The zero-order chi connectivity index (χ0) is 12.8. The first-order valence-corrected chi connectivity index (χ1v) is 6.11. The van der Waals surface area contributed by atoms with E-state index < -0.39 is 6.03 Å². The fraction of sp³-hybridized carbons (Fsp3) is 0.818. The lowest BCUT2D eigenvalue weighted by atomic mass is 10.1. The van der Waals surface area contributed by atoms with Crippen LogP contribution in [0.5, 0.6) is 0 Å². The molecule has 0 aromatic carbocycles. The molecule has 0 spiro atoms. The Morgan fingerprint density at radius 2 is 2.24 bits per heavy atom. The van der Waals surface area contributed by atoms with Gasteiger partial charge in [-0.2, -0.15) is 0 Å².